The Bertz CT molecular complexity index is 1000. The molecule has 1 saturated carbocycles. The molecule has 0 N–H and O–H groups in total. The Balaban J connectivity index is 1.63. The number of pyridine rings is 1. The van der Waals surface area contributed by atoms with E-state index in [2.05, 4.69) is 69.7 Å². The second-order valence-corrected chi connectivity index (χ2v) is 8.58. The van der Waals surface area contributed by atoms with Crippen molar-refractivity contribution in [1.29, 1.82) is 0 Å². The van der Waals surface area contributed by atoms with Gasteiger partial charge in [0.15, 0.2) is 5.82 Å². The molecule has 0 radical (unpaired) electrons. The summed E-state index contributed by atoms with van der Waals surface area (Å²) in [6, 6.07) is 10.6. The van der Waals surface area contributed by atoms with E-state index in [1.165, 1.54) is 12.8 Å². The van der Waals surface area contributed by atoms with Crippen LogP contribution in [-0.2, 0) is 11.3 Å². The molecule has 3 aromatic rings. The molecule has 28 heavy (non-hydrogen) atoms. The van der Waals surface area contributed by atoms with Crippen LogP contribution in [0, 0.1) is 5.92 Å². The third-order valence-electron chi connectivity index (χ3n) is 6.28. The highest BCUT2D eigenvalue weighted by atomic mass is 16.5. The van der Waals surface area contributed by atoms with Gasteiger partial charge < -0.3 is 9.64 Å². The topological polar surface area (TPSA) is 56.1 Å². The van der Waals surface area contributed by atoms with Crippen LogP contribution < -0.4 is 4.90 Å². The van der Waals surface area contributed by atoms with Gasteiger partial charge in [0.2, 0.25) is 5.95 Å². The number of para-hydroxylation sites is 1. The number of hydrogen-bond donors (Lipinski definition) is 0. The van der Waals surface area contributed by atoms with Gasteiger partial charge in [0.05, 0.1) is 23.8 Å². The lowest BCUT2D eigenvalue weighted by atomic mass is 9.97. The number of hydrogen-bond acceptors (Lipinski definition) is 5. The summed E-state index contributed by atoms with van der Waals surface area (Å²) in [6.07, 6.45) is 4.42. The minimum Gasteiger partial charge on any atom is -0.372 e. The molecule has 0 bridgehead atoms. The molecule has 0 spiro atoms. The van der Waals surface area contributed by atoms with Gasteiger partial charge in [0.25, 0.3) is 0 Å². The van der Waals surface area contributed by atoms with Crippen molar-refractivity contribution in [2.45, 2.75) is 51.8 Å². The van der Waals surface area contributed by atoms with Crippen LogP contribution in [0.1, 0.15) is 33.6 Å². The van der Waals surface area contributed by atoms with Crippen molar-refractivity contribution in [1.82, 2.24) is 19.7 Å². The second kappa shape index (κ2) is 6.55. The van der Waals surface area contributed by atoms with E-state index in [0.29, 0.717) is 6.61 Å². The van der Waals surface area contributed by atoms with E-state index in [0.717, 1.165) is 47.2 Å². The Kier molecular flexibility index (Phi) is 4.12. The molecule has 1 unspecified atom stereocenters. The van der Waals surface area contributed by atoms with Crippen LogP contribution in [0.25, 0.3) is 22.3 Å². The Hall–Kier alpha value is -2.47. The number of ether oxygens (including phenoxy) is 1. The van der Waals surface area contributed by atoms with Gasteiger partial charge in [0, 0.05) is 30.2 Å². The molecular formula is C22H27N5O. The molecule has 2 fully saturated rings. The van der Waals surface area contributed by atoms with E-state index in [-0.39, 0.29) is 11.6 Å². The van der Waals surface area contributed by atoms with E-state index in [1.807, 2.05) is 12.3 Å². The van der Waals surface area contributed by atoms with E-state index in [1.54, 1.807) is 0 Å². The highest BCUT2D eigenvalue weighted by Gasteiger charge is 2.38. The van der Waals surface area contributed by atoms with E-state index in [9.17, 15) is 0 Å². The molecule has 1 saturated heterocycles. The van der Waals surface area contributed by atoms with Crippen LogP contribution in [0.15, 0.2) is 36.5 Å². The van der Waals surface area contributed by atoms with Gasteiger partial charge in [-0.3, -0.25) is 9.55 Å². The van der Waals surface area contributed by atoms with Crippen molar-refractivity contribution in [3.63, 3.8) is 0 Å². The third-order valence-corrected chi connectivity index (χ3v) is 6.28. The molecule has 6 nitrogen and oxygen atoms in total. The lowest BCUT2D eigenvalue weighted by molar-refractivity contribution is -0.0536. The smallest absolute Gasteiger partial charge is 0.227 e. The fraction of sp³-hybridized carbons (Fsp3) is 0.500. The van der Waals surface area contributed by atoms with Gasteiger partial charge in [-0.15, -0.1) is 10.2 Å². The minimum atomic E-state index is -0.213. The van der Waals surface area contributed by atoms with Crippen molar-refractivity contribution in [3.8, 4) is 11.4 Å². The number of nitrogens with zero attached hydrogens (tertiary/aromatic N) is 5. The second-order valence-electron chi connectivity index (χ2n) is 8.58. The molecule has 1 aliphatic carbocycles. The standard InChI is InChI=1S/C22H27N5O/c1-15-22(2,3)28-13-12-26(15)21-25-24-20(27(21)14-16-9-10-16)18-8-4-6-17-7-5-11-23-19(17)18/h4-8,11,15-16H,9-10,12-14H2,1-3H3. The number of aromatic nitrogens is 4. The molecule has 5 rings (SSSR count). The average molecular weight is 377 g/mol. The highest BCUT2D eigenvalue weighted by Crippen LogP contribution is 2.37. The number of benzene rings is 1. The average Bonchev–Trinajstić information content (AvgIpc) is 3.42. The first-order chi connectivity index (χ1) is 13.5. The summed E-state index contributed by atoms with van der Waals surface area (Å²) in [7, 11) is 0. The Morgan fingerprint density at radius 1 is 1.14 bits per heavy atom. The normalized spacial score (nSPS) is 22.0. The van der Waals surface area contributed by atoms with Crippen molar-refractivity contribution in [2.24, 2.45) is 5.92 Å². The van der Waals surface area contributed by atoms with E-state index >= 15 is 0 Å². The maximum absolute atomic E-state index is 6.00. The molecule has 2 aromatic heterocycles. The summed E-state index contributed by atoms with van der Waals surface area (Å²) in [6.45, 7) is 9.03. The Morgan fingerprint density at radius 3 is 2.79 bits per heavy atom. The summed E-state index contributed by atoms with van der Waals surface area (Å²) in [5.41, 5.74) is 1.82. The van der Waals surface area contributed by atoms with Crippen LogP contribution in [0.5, 0.6) is 0 Å². The molecule has 2 aliphatic rings. The number of rotatable bonds is 4. The van der Waals surface area contributed by atoms with Gasteiger partial charge in [-0.05, 0) is 51.7 Å². The molecule has 1 aromatic carbocycles. The first-order valence-electron chi connectivity index (χ1n) is 10.2. The predicted molar refractivity (Wildman–Crippen MR) is 110 cm³/mol. The summed E-state index contributed by atoms with van der Waals surface area (Å²) in [5.74, 6) is 2.60. The van der Waals surface area contributed by atoms with Crippen molar-refractivity contribution < 1.29 is 4.74 Å². The largest absolute Gasteiger partial charge is 0.372 e. The van der Waals surface area contributed by atoms with Gasteiger partial charge in [-0.25, -0.2) is 0 Å². The minimum absolute atomic E-state index is 0.213. The van der Waals surface area contributed by atoms with Crippen molar-refractivity contribution >= 4 is 16.9 Å². The Labute approximate surface area is 165 Å². The molecule has 1 aliphatic heterocycles. The molecule has 6 heteroatoms. The first-order valence-corrected chi connectivity index (χ1v) is 10.2. The molecule has 0 amide bonds. The number of morpholine rings is 1. The van der Waals surface area contributed by atoms with Gasteiger partial charge in [-0.1, -0.05) is 18.2 Å². The monoisotopic (exact) mass is 377 g/mol. The molecule has 1 atom stereocenters. The Morgan fingerprint density at radius 2 is 1.96 bits per heavy atom. The molecule has 3 heterocycles. The summed E-state index contributed by atoms with van der Waals surface area (Å²) in [5, 5.41) is 10.5. The van der Waals surface area contributed by atoms with Gasteiger partial charge >= 0.3 is 0 Å². The van der Waals surface area contributed by atoms with Crippen LogP contribution in [0.3, 0.4) is 0 Å². The number of anilines is 1. The molecule has 146 valence electrons. The fourth-order valence-electron chi connectivity index (χ4n) is 4.09. The predicted octanol–water partition coefficient (Wildman–Crippen LogP) is 3.91. The maximum Gasteiger partial charge on any atom is 0.227 e. The van der Waals surface area contributed by atoms with Crippen molar-refractivity contribution in [3.05, 3.63) is 36.5 Å². The van der Waals surface area contributed by atoms with Crippen LogP contribution >= 0.6 is 0 Å². The third kappa shape index (κ3) is 2.96. The first kappa shape index (κ1) is 17.6. The highest BCUT2D eigenvalue weighted by molar-refractivity contribution is 5.91. The lowest BCUT2D eigenvalue weighted by Crippen LogP contribution is -2.56. The van der Waals surface area contributed by atoms with Gasteiger partial charge in [0.1, 0.15) is 0 Å². The zero-order chi connectivity index (χ0) is 19.3. The SMILES string of the molecule is CC1N(c2nnc(-c3cccc4cccnc34)n2CC2CC2)CCOC1(C)C. The van der Waals surface area contributed by atoms with Crippen LogP contribution in [0.2, 0.25) is 0 Å². The van der Waals surface area contributed by atoms with E-state index < -0.39 is 0 Å². The van der Waals surface area contributed by atoms with Crippen LogP contribution in [-0.4, -0.2) is 44.5 Å². The van der Waals surface area contributed by atoms with Gasteiger partial charge in [-0.2, -0.15) is 0 Å². The molecular weight excluding hydrogens is 350 g/mol. The maximum atomic E-state index is 6.00. The lowest BCUT2D eigenvalue weighted by Gasteiger charge is -2.44. The zero-order valence-corrected chi connectivity index (χ0v) is 16.8. The van der Waals surface area contributed by atoms with Crippen LogP contribution in [0.4, 0.5) is 5.95 Å². The quantitative estimate of drug-likeness (QED) is 0.690. The summed E-state index contributed by atoms with van der Waals surface area (Å²) >= 11 is 0. The summed E-state index contributed by atoms with van der Waals surface area (Å²) in [4.78, 5) is 7.00. The zero-order valence-electron chi connectivity index (χ0n) is 16.8. The van der Waals surface area contributed by atoms with E-state index in [4.69, 9.17) is 4.74 Å². The fourth-order valence-corrected chi connectivity index (χ4v) is 4.09. The summed E-state index contributed by atoms with van der Waals surface area (Å²) < 4.78 is 8.32. The van der Waals surface area contributed by atoms with Crippen molar-refractivity contribution in [2.75, 3.05) is 18.1 Å². The number of fused-ring (bicyclic) bond motifs is 1.